The molecule has 2 aromatic heterocycles. The van der Waals surface area contributed by atoms with Crippen LogP contribution < -0.4 is 16.4 Å². The third-order valence-corrected chi connectivity index (χ3v) is 4.04. The molecule has 7 nitrogen and oxygen atoms in total. The highest BCUT2D eigenvalue weighted by atomic mass is 16.2. The van der Waals surface area contributed by atoms with Crippen LogP contribution in [0.3, 0.4) is 0 Å². The molecule has 0 spiro atoms. The number of rotatable bonds is 6. The minimum Gasteiger partial charge on any atom is -0.382 e. The van der Waals surface area contributed by atoms with E-state index in [0.29, 0.717) is 28.9 Å². The second kappa shape index (κ2) is 8.59. The summed E-state index contributed by atoms with van der Waals surface area (Å²) >= 11 is 0. The Morgan fingerprint density at radius 3 is 2.43 bits per heavy atom. The smallest absolute Gasteiger partial charge is 0.255 e. The first-order chi connectivity index (χ1) is 13.5. The molecule has 0 aliphatic heterocycles. The van der Waals surface area contributed by atoms with E-state index in [-0.39, 0.29) is 17.6 Å². The van der Waals surface area contributed by atoms with Gasteiger partial charge in [-0.15, -0.1) is 0 Å². The van der Waals surface area contributed by atoms with E-state index in [1.165, 1.54) is 0 Å². The number of nitrogens with zero attached hydrogens (tertiary/aromatic N) is 2. The molecule has 0 aliphatic rings. The zero-order chi connectivity index (χ0) is 19.9. The van der Waals surface area contributed by atoms with Crippen LogP contribution in [0, 0.1) is 0 Å². The predicted molar refractivity (Wildman–Crippen MR) is 108 cm³/mol. The lowest BCUT2D eigenvalue weighted by Gasteiger charge is -2.09. The number of aromatic nitrogens is 2. The van der Waals surface area contributed by atoms with Gasteiger partial charge in [-0.05, 0) is 35.9 Å². The van der Waals surface area contributed by atoms with Crippen LogP contribution in [0.25, 0.3) is 5.57 Å². The van der Waals surface area contributed by atoms with Crippen LogP contribution in [0.1, 0.15) is 21.5 Å². The Balaban J connectivity index is 1.57. The predicted octanol–water partition coefficient (Wildman–Crippen LogP) is 2.64. The van der Waals surface area contributed by atoms with Crippen molar-refractivity contribution >= 4 is 28.9 Å². The quantitative estimate of drug-likeness (QED) is 0.576. The zero-order valence-electron chi connectivity index (χ0n) is 15.1. The molecule has 3 aromatic rings. The molecule has 0 saturated carbocycles. The van der Waals surface area contributed by atoms with Crippen molar-refractivity contribution in [3.63, 3.8) is 0 Å². The summed E-state index contributed by atoms with van der Waals surface area (Å²) < 4.78 is 0. The van der Waals surface area contributed by atoms with Crippen LogP contribution >= 0.6 is 0 Å². The second-order valence-corrected chi connectivity index (χ2v) is 5.99. The first-order valence-electron chi connectivity index (χ1n) is 8.53. The summed E-state index contributed by atoms with van der Waals surface area (Å²) in [5.74, 6) is -0.314. The van der Waals surface area contributed by atoms with Gasteiger partial charge < -0.3 is 16.4 Å². The average molecular weight is 373 g/mol. The number of hydrogen-bond acceptors (Lipinski definition) is 5. The Morgan fingerprint density at radius 1 is 1.00 bits per heavy atom. The van der Waals surface area contributed by atoms with Crippen molar-refractivity contribution in [3.8, 4) is 0 Å². The fourth-order valence-electron chi connectivity index (χ4n) is 2.45. The van der Waals surface area contributed by atoms with Gasteiger partial charge in [-0.3, -0.25) is 14.6 Å². The summed E-state index contributed by atoms with van der Waals surface area (Å²) in [6.07, 6.45) is 4.77. The highest BCUT2D eigenvalue weighted by Gasteiger charge is 2.11. The van der Waals surface area contributed by atoms with E-state index < -0.39 is 0 Å². The van der Waals surface area contributed by atoms with E-state index in [0.717, 1.165) is 5.56 Å². The summed E-state index contributed by atoms with van der Waals surface area (Å²) in [7, 11) is 0. The Morgan fingerprint density at radius 2 is 1.75 bits per heavy atom. The highest BCUT2D eigenvalue weighted by molar-refractivity contribution is 6.18. The topological polar surface area (TPSA) is 110 Å². The van der Waals surface area contributed by atoms with E-state index in [4.69, 9.17) is 5.73 Å². The summed E-state index contributed by atoms with van der Waals surface area (Å²) in [6, 6.07) is 13.8. The number of hydrogen-bond donors (Lipinski definition) is 3. The number of nitrogens with two attached hydrogens (primary N) is 1. The van der Waals surface area contributed by atoms with E-state index in [1.807, 2.05) is 0 Å². The van der Waals surface area contributed by atoms with Gasteiger partial charge in [0, 0.05) is 41.8 Å². The number of anilines is 2. The van der Waals surface area contributed by atoms with Crippen LogP contribution in [0.2, 0.25) is 0 Å². The third-order valence-electron chi connectivity index (χ3n) is 4.04. The normalized spacial score (nSPS) is 10.1. The third kappa shape index (κ3) is 4.59. The van der Waals surface area contributed by atoms with Gasteiger partial charge in [0.15, 0.2) is 0 Å². The van der Waals surface area contributed by atoms with Crippen LogP contribution in [0.5, 0.6) is 0 Å². The van der Waals surface area contributed by atoms with E-state index in [1.54, 1.807) is 67.1 Å². The number of pyridine rings is 2. The average Bonchev–Trinajstić information content (AvgIpc) is 2.74. The minimum absolute atomic E-state index is 0.254. The van der Waals surface area contributed by atoms with E-state index in [9.17, 15) is 9.59 Å². The van der Waals surface area contributed by atoms with Gasteiger partial charge in [-0.25, -0.2) is 4.98 Å². The number of nitrogens with one attached hydrogen (secondary N) is 2. The lowest BCUT2D eigenvalue weighted by Crippen LogP contribution is -2.23. The SMILES string of the molecule is C=C(C(=O)NCc1ccc(C(=O)Nc2cccnc2N)cc1)c1cccnc1. The molecule has 2 amide bonds. The molecule has 0 unspecified atom stereocenters. The molecule has 3 rings (SSSR count). The van der Waals surface area contributed by atoms with Gasteiger partial charge in [0.1, 0.15) is 5.82 Å². The van der Waals surface area contributed by atoms with E-state index in [2.05, 4.69) is 27.2 Å². The molecular formula is C21H19N5O2. The van der Waals surface area contributed by atoms with Crippen molar-refractivity contribution in [2.45, 2.75) is 6.54 Å². The highest BCUT2D eigenvalue weighted by Crippen LogP contribution is 2.16. The fourth-order valence-corrected chi connectivity index (χ4v) is 2.45. The summed E-state index contributed by atoms with van der Waals surface area (Å²) in [6.45, 7) is 4.12. The maximum Gasteiger partial charge on any atom is 0.255 e. The molecule has 28 heavy (non-hydrogen) atoms. The van der Waals surface area contributed by atoms with Crippen molar-refractivity contribution in [1.82, 2.24) is 15.3 Å². The van der Waals surface area contributed by atoms with Gasteiger partial charge in [-0.2, -0.15) is 0 Å². The van der Waals surface area contributed by atoms with Gasteiger partial charge in [0.05, 0.1) is 5.69 Å². The molecule has 0 atom stereocenters. The maximum atomic E-state index is 12.3. The Bertz CT molecular complexity index is 1000. The number of carbonyl (C=O) groups excluding carboxylic acids is 2. The first-order valence-corrected chi connectivity index (χ1v) is 8.53. The first kappa shape index (κ1) is 18.8. The lowest BCUT2D eigenvalue weighted by molar-refractivity contribution is -0.115. The van der Waals surface area contributed by atoms with Gasteiger partial charge in [0.25, 0.3) is 11.8 Å². The van der Waals surface area contributed by atoms with Crippen LogP contribution in [0.15, 0.2) is 73.7 Å². The lowest BCUT2D eigenvalue weighted by atomic mass is 10.1. The molecule has 0 radical (unpaired) electrons. The Labute approximate surface area is 162 Å². The Kier molecular flexibility index (Phi) is 5.76. The number of carbonyl (C=O) groups is 2. The van der Waals surface area contributed by atoms with Crippen molar-refractivity contribution in [1.29, 1.82) is 0 Å². The monoisotopic (exact) mass is 373 g/mol. The second-order valence-electron chi connectivity index (χ2n) is 5.99. The number of nitrogen functional groups attached to an aromatic ring is 1. The summed E-state index contributed by atoms with van der Waals surface area (Å²) in [4.78, 5) is 32.4. The molecular weight excluding hydrogens is 354 g/mol. The molecule has 7 heteroatoms. The maximum absolute atomic E-state index is 12.3. The minimum atomic E-state index is -0.291. The van der Waals surface area contributed by atoms with Crippen molar-refractivity contribution in [2.75, 3.05) is 11.1 Å². The van der Waals surface area contributed by atoms with Gasteiger partial charge in [-0.1, -0.05) is 24.8 Å². The number of amides is 2. The van der Waals surface area contributed by atoms with E-state index >= 15 is 0 Å². The van der Waals surface area contributed by atoms with Crippen LogP contribution in [0.4, 0.5) is 11.5 Å². The van der Waals surface area contributed by atoms with Crippen LogP contribution in [-0.4, -0.2) is 21.8 Å². The molecule has 4 N–H and O–H groups in total. The largest absolute Gasteiger partial charge is 0.382 e. The molecule has 0 fully saturated rings. The molecule has 140 valence electrons. The molecule has 0 aliphatic carbocycles. The van der Waals surface area contributed by atoms with Crippen molar-refractivity contribution < 1.29 is 9.59 Å². The molecule has 1 aromatic carbocycles. The zero-order valence-corrected chi connectivity index (χ0v) is 15.1. The Hall–Kier alpha value is -4.00. The standard InChI is InChI=1S/C21H19N5O2/c1-14(17-4-2-10-23-13-17)20(27)25-12-15-6-8-16(9-7-15)21(28)26-18-5-3-11-24-19(18)22/h2-11,13H,1,12H2,(H2,22,24)(H,25,27)(H,26,28). The van der Waals surface area contributed by atoms with Crippen molar-refractivity contribution in [2.24, 2.45) is 0 Å². The van der Waals surface area contributed by atoms with Crippen LogP contribution in [-0.2, 0) is 11.3 Å². The summed E-state index contributed by atoms with van der Waals surface area (Å²) in [5, 5.41) is 5.52. The van der Waals surface area contributed by atoms with Gasteiger partial charge in [0.2, 0.25) is 0 Å². The summed E-state index contributed by atoms with van der Waals surface area (Å²) in [5.41, 5.74) is 8.52. The molecule has 0 saturated heterocycles. The fraction of sp³-hybridized carbons (Fsp3) is 0.0476. The van der Waals surface area contributed by atoms with Gasteiger partial charge >= 0.3 is 0 Å². The molecule has 2 heterocycles. The van der Waals surface area contributed by atoms with Crippen molar-refractivity contribution in [3.05, 3.63) is 90.4 Å². The molecule has 0 bridgehead atoms. The number of benzene rings is 1.